The van der Waals surface area contributed by atoms with E-state index in [0.29, 0.717) is 48.7 Å². The van der Waals surface area contributed by atoms with Crippen molar-refractivity contribution in [3.05, 3.63) is 70.8 Å². The zero-order chi connectivity index (χ0) is 26.4. The summed E-state index contributed by atoms with van der Waals surface area (Å²) in [5, 5.41) is 0.507. The lowest BCUT2D eigenvalue weighted by Gasteiger charge is -2.35. The van der Waals surface area contributed by atoms with E-state index in [1.54, 1.807) is 53.3 Å². The molecule has 0 N–H and O–H groups in total. The van der Waals surface area contributed by atoms with E-state index in [9.17, 15) is 18.4 Å². The molecule has 2 aliphatic rings. The van der Waals surface area contributed by atoms with Gasteiger partial charge in [-0.2, -0.15) is 8.78 Å². The zero-order valence-electron chi connectivity index (χ0n) is 20.5. The van der Waals surface area contributed by atoms with E-state index >= 15 is 0 Å². The van der Waals surface area contributed by atoms with Gasteiger partial charge in [0.05, 0.1) is 23.5 Å². The maximum Gasteiger partial charge on any atom is 0.410 e. The molecule has 1 atom stereocenters. The normalized spacial score (nSPS) is 17.3. The van der Waals surface area contributed by atoms with Crippen LogP contribution in [0.25, 0.3) is 22.0 Å². The Morgan fingerprint density at radius 3 is 2.66 bits per heavy atom. The maximum atomic E-state index is 12.9. The van der Waals surface area contributed by atoms with Gasteiger partial charge in [-0.25, -0.2) is 14.8 Å². The van der Waals surface area contributed by atoms with Gasteiger partial charge >= 0.3 is 12.7 Å². The molecule has 2 saturated heterocycles. The molecule has 10 nitrogen and oxygen atoms in total. The fourth-order valence-corrected chi connectivity index (χ4v) is 5.05. The first-order valence-electron chi connectivity index (χ1n) is 12.1. The van der Waals surface area contributed by atoms with Gasteiger partial charge in [0, 0.05) is 50.2 Å². The van der Waals surface area contributed by atoms with Crippen LogP contribution in [0.4, 0.5) is 19.5 Å². The highest BCUT2D eigenvalue weighted by Crippen LogP contribution is 2.27. The van der Waals surface area contributed by atoms with Crippen molar-refractivity contribution in [3.8, 4) is 16.9 Å². The number of aromatic nitrogens is 4. The molecule has 1 unspecified atom stereocenters. The molecule has 0 saturated carbocycles. The Hall–Kier alpha value is -4.48. The van der Waals surface area contributed by atoms with Gasteiger partial charge in [-0.15, -0.1) is 0 Å². The molecule has 0 spiro atoms. The number of carbonyl (C=O) groups excluding carboxylic acids is 1. The largest absolute Gasteiger partial charge is 0.447 e. The second-order valence-electron chi connectivity index (χ2n) is 9.25. The number of ether oxygens (including phenoxy) is 2. The molecule has 0 radical (unpaired) electrons. The molecule has 38 heavy (non-hydrogen) atoms. The van der Waals surface area contributed by atoms with Crippen molar-refractivity contribution in [1.82, 2.24) is 24.2 Å². The molecule has 2 aromatic heterocycles. The Balaban J connectivity index is 1.29. The number of benzene rings is 2. The third kappa shape index (κ3) is 4.21. The van der Waals surface area contributed by atoms with Crippen LogP contribution in [-0.2, 0) is 18.3 Å². The number of alkyl halides is 2. The minimum absolute atomic E-state index is 0.00651. The minimum Gasteiger partial charge on any atom is -0.447 e. The monoisotopic (exact) mass is 522 g/mol. The van der Waals surface area contributed by atoms with Crippen molar-refractivity contribution in [1.29, 1.82) is 0 Å². The number of piperazine rings is 1. The number of fused-ring (bicyclic) bond motifs is 2. The summed E-state index contributed by atoms with van der Waals surface area (Å²) in [7, 11) is 1.64. The molecule has 0 aliphatic carbocycles. The third-order valence-electron chi connectivity index (χ3n) is 7.04. The Morgan fingerprint density at radius 2 is 1.87 bits per heavy atom. The van der Waals surface area contributed by atoms with Gasteiger partial charge in [0.2, 0.25) is 5.95 Å². The average molecular weight is 523 g/mol. The summed E-state index contributed by atoms with van der Waals surface area (Å²) in [6.07, 6.45) is 3.18. The summed E-state index contributed by atoms with van der Waals surface area (Å²) < 4.78 is 38.8. The number of hydrogen-bond acceptors (Lipinski definition) is 7. The van der Waals surface area contributed by atoms with Crippen molar-refractivity contribution < 1.29 is 23.0 Å². The van der Waals surface area contributed by atoms with Gasteiger partial charge in [-0.3, -0.25) is 19.1 Å². The van der Waals surface area contributed by atoms with Crippen molar-refractivity contribution >= 4 is 22.9 Å². The molecule has 196 valence electrons. The number of nitrogens with zero attached hydrogens (tertiary/aromatic N) is 6. The van der Waals surface area contributed by atoms with Crippen LogP contribution in [-0.4, -0.2) is 69.2 Å². The van der Waals surface area contributed by atoms with Gasteiger partial charge in [-0.1, -0.05) is 24.3 Å². The van der Waals surface area contributed by atoms with E-state index in [0.717, 1.165) is 11.1 Å². The first-order chi connectivity index (χ1) is 18.4. The van der Waals surface area contributed by atoms with Gasteiger partial charge in [0.25, 0.3) is 5.56 Å². The molecule has 0 bridgehead atoms. The van der Waals surface area contributed by atoms with E-state index in [1.807, 2.05) is 17.0 Å². The maximum absolute atomic E-state index is 12.9. The standard InChI is InChI=1S/C26H24F2N6O4/c1-31-23(35)20-7-6-16(10-21(20)34(31)13-17-4-2-3-5-22(17)38-24(27)28)18-11-29-25(30-12-18)32-8-9-33-19(14-32)15-37-26(33)36/h2-7,10-12,19,24H,8-9,13-15H2,1H3. The van der Waals surface area contributed by atoms with Crippen LogP contribution in [0.15, 0.2) is 59.7 Å². The van der Waals surface area contributed by atoms with Crippen LogP contribution in [0.2, 0.25) is 0 Å². The SMILES string of the molecule is Cn1c(=O)c2ccc(-c3cnc(N4CCN5C(=O)OCC5C4)nc3)cc2n1Cc1ccccc1OC(F)F. The van der Waals surface area contributed by atoms with Gasteiger partial charge < -0.3 is 14.4 Å². The molecule has 4 aromatic rings. The summed E-state index contributed by atoms with van der Waals surface area (Å²) in [5.41, 5.74) is 2.54. The lowest BCUT2D eigenvalue weighted by molar-refractivity contribution is -0.0505. The van der Waals surface area contributed by atoms with E-state index in [2.05, 4.69) is 14.7 Å². The summed E-state index contributed by atoms with van der Waals surface area (Å²) in [6, 6.07) is 12.0. The molecule has 12 heteroatoms. The summed E-state index contributed by atoms with van der Waals surface area (Å²) in [5.74, 6) is 0.632. The number of halogens is 2. The first kappa shape index (κ1) is 23.9. The van der Waals surface area contributed by atoms with Crippen molar-refractivity contribution in [2.45, 2.75) is 19.2 Å². The second kappa shape index (κ2) is 9.43. The van der Waals surface area contributed by atoms with Crippen LogP contribution in [0.3, 0.4) is 0 Å². The van der Waals surface area contributed by atoms with Crippen molar-refractivity contribution in [2.75, 3.05) is 31.1 Å². The van der Waals surface area contributed by atoms with E-state index in [-0.39, 0.29) is 30.0 Å². The smallest absolute Gasteiger partial charge is 0.410 e. The predicted molar refractivity (Wildman–Crippen MR) is 134 cm³/mol. The molecule has 6 rings (SSSR count). The average Bonchev–Trinajstić information content (AvgIpc) is 3.41. The van der Waals surface area contributed by atoms with Crippen LogP contribution in [0.5, 0.6) is 5.75 Å². The second-order valence-corrected chi connectivity index (χ2v) is 9.25. The number of amides is 1. The number of anilines is 1. The zero-order valence-corrected chi connectivity index (χ0v) is 20.5. The molecular formula is C26H24F2N6O4. The van der Waals surface area contributed by atoms with Gasteiger partial charge in [0.1, 0.15) is 12.4 Å². The fraction of sp³-hybridized carbons (Fsp3) is 0.308. The first-order valence-corrected chi connectivity index (χ1v) is 12.1. The van der Waals surface area contributed by atoms with Crippen LogP contribution in [0.1, 0.15) is 5.56 Å². The minimum atomic E-state index is -2.95. The Morgan fingerprint density at radius 1 is 1.08 bits per heavy atom. The topological polar surface area (TPSA) is 94.7 Å². The summed E-state index contributed by atoms with van der Waals surface area (Å²) in [4.78, 5) is 37.5. The number of cyclic esters (lactones) is 1. The predicted octanol–water partition coefficient (Wildman–Crippen LogP) is 3.09. The van der Waals surface area contributed by atoms with E-state index in [1.165, 1.54) is 10.7 Å². The number of hydrogen-bond donors (Lipinski definition) is 0. The molecule has 2 aliphatic heterocycles. The lowest BCUT2D eigenvalue weighted by atomic mass is 10.1. The number of carbonyl (C=O) groups is 1. The Kier molecular flexibility index (Phi) is 5.93. The Bertz CT molecular complexity index is 1570. The molecule has 4 heterocycles. The highest BCUT2D eigenvalue weighted by Gasteiger charge is 2.38. The number of rotatable bonds is 6. The van der Waals surface area contributed by atoms with Crippen LogP contribution >= 0.6 is 0 Å². The van der Waals surface area contributed by atoms with Crippen LogP contribution < -0.4 is 15.2 Å². The summed E-state index contributed by atoms with van der Waals surface area (Å²) >= 11 is 0. The molecule has 2 fully saturated rings. The van der Waals surface area contributed by atoms with Crippen LogP contribution in [0, 0.1) is 0 Å². The Labute approximate surface area is 215 Å². The van der Waals surface area contributed by atoms with E-state index < -0.39 is 6.61 Å². The highest BCUT2D eigenvalue weighted by atomic mass is 19.3. The van der Waals surface area contributed by atoms with Gasteiger partial charge in [-0.05, 0) is 23.8 Å². The fourth-order valence-electron chi connectivity index (χ4n) is 5.05. The lowest BCUT2D eigenvalue weighted by Crippen LogP contribution is -2.52. The molecular weight excluding hydrogens is 498 g/mol. The van der Waals surface area contributed by atoms with Gasteiger partial charge in [0.15, 0.2) is 0 Å². The third-order valence-corrected chi connectivity index (χ3v) is 7.04. The van der Waals surface area contributed by atoms with Crippen molar-refractivity contribution in [3.63, 3.8) is 0 Å². The summed E-state index contributed by atoms with van der Waals surface area (Å²) in [6.45, 7) is -0.647. The molecule has 1 amide bonds. The van der Waals surface area contributed by atoms with E-state index in [4.69, 9.17) is 4.74 Å². The van der Waals surface area contributed by atoms with Crippen molar-refractivity contribution in [2.24, 2.45) is 7.05 Å². The quantitative estimate of drug-likeness (QED) is 0.384. The number of para-hydroxylation sites is 1. The molecule has 2 aromatic carbocycles. The highest BCUT2D eigenvalue weighted by molar-refractivity contribution is 5.84.